The van der Waals surface area contributed by atoms with Crippen LogP contribution in [0.2, 0.25) is 0 Å². The van der Waals surface area contributed by atoms with Crippen LogP contribution in [0.3, 0.4) is 0 Å². The third-order valence-corrected chi connectivity index (χ3v) is 6.33. The van der Waals surface area contributed by atoms with Crippen LogP contribution in [0.1, 0.15) is 40.6 Å². The van der Waals surface area contributed by atoms with Gasteiger partial charge < -0.3 is 9.14 Å². The molecule has 158 valence electrons. The number of allylic oxidation sites excluding steroid dienone is 1. The van der Waals surface area contributed by atoms with E-state index in [2.05, 4.69) is 43.5 Å². The molecule has 0 saturated heterocycles. The first-order valence-electron chi connectivity index (χ1n) is 10.2. The van der Waals surface area contributed by atoms with Crippen LogP contribution in [-0.2, 0) is 13.0 Å². The summed E-state index contributed by atoms with van der Waals surface area (Å²) in [6.45, 7) is 4.11. The van der Waals surface area contributed by atoms with Crippen molar-refractivity contribution < 1.29 is 9.13 Å². The molecule has 0 radical (unpaired) electrons. The first-order chi connectivity index (χ1) is 15.4. The summed E-state index contributed by atoms with van der Waals surface area (Å²) < 4.78 is 22.9. The highest BCUT2D eigenvalue weighted by Gasteiger charge is 2.22. The number of benzene rings is 2. The number of aromatic nitrogens is 2. The van der Waals surface area contributed by atoms with Gasteiger partial charge in [-0.15, -0.1) is 0 Å². The lowest BCUT2D eigenvalue weighted by Gasteiger charge is -2.13. The van der Waals surface area contributed by atoms with Crippen molar-refractivity contribution in [3.8, 4) is 11.8 Å². The highest BCUT2D eigenvalue weighted by atomic mass is 79.9. The zero-order chi connectivity index (χ0) is 22.4. The highest BCUT2D eigenvalue weighted by Crippen LogP contribution is 2.39. The summed E-state index contributed by atoms with van der Waals surface area (Å²) in [5.74, 6) is 0.0923. The second-order valence-corrected chi connectivity index (χ2v) is 8.84. The van der Waals surface area contributed by atoms with Crippen LogP contribution >= 0.6 is 15.9 Å². The first-order valence-corrected chi connectivity index (χ1v) is 11.0. The van der Waals surface area contributed by atoms with Gasteiger partial charge in [-0.05, 0) is 54.8 Å². The molecule has 0 N–H and O–H groups in total. The lowest BCUT2D eigenvalue weighted by molar-refractivity contribution is 0.305. The molecule has 2 aromatic carbocycles. The molecule has 2 aromatic heterocycles. The van der Waals surface area contributed by atoms with E-state index in [1.165, 1.54) is 12.1 Å². The van der Waals surface area contributed by atoms with Gasteiger partial charge in [0.15, 0.2) is 0 Å². The van der Waals surface area contributed by atoms with Crippen LogP contribution in [0.5, 0.6) is 5.75 Å². The number of hydrogen-bond acceptors (Lipinski definition) is 3. The average molecular weight is 488 g/mol. The number of pyridine rings is 1. The Morgan fingerprint density at radius 1 is 1.19 bits per heavy atom. The van der Waals surface area contributed by atoms with E-state index in [0.29, 0.717) is 24.4 Å². The molecule has 32 heavy (non-hydrogen) atoms. The van der Waals surface area contributed by atoms with Crippen LogP contribution in [0, 0.1) is 24.1 Å². The molecule has 0 aliphatic carbocycles. The van der Waals surface area contributed by atoms with Crippen molar-refractivity contribution in [3.63, 3.8) is 0 Å². The quantitative estimate of drug-likeness (QED) is 0.308. The maximum Gasteiger partial charge on any atom is 0.138 e. The van der Waals surface area contributed by atoms with E-state index in [1.807, 2.05) is 31.3 Å². The zero-order valence-electron chi connectivity index (χ0n) is 17.6. The smallest absolute Gasteiger partial charge is 0.138 e. The fourth-order valence-electron chi connectivity index (χ4n) is 4.30. The molecule has 0 fully saturated rings. The first kappa shape index (κ1) is 20.5. The fraction of sp³-hybridized carbons (Fsp3) is 0.154. The van der Waals surface area contributed by atoms with Gasteiger partial charge in [0, 0.05) is 45.6 Å². The van der Waals surface area contributed by atoms with Crippen LogP contribution in [0.4, 0.5) is 4.39 Å². The van der Waals surface area contributed by atoms with E-state index in [4.69, 9.17) is 4.74 Å². The summed E-state index contributed by atoms with van der Waals surface area (Å²) in [6, 6.07) is 17.0. The van der Waals surface area contributed by atoms with E-state index in [9.17, 15) is 9.65 Å². The molecule has 0 unspecified atom stereocenters. The van der Waals surface area contributed by atoms with E-state index >= 15 is 0 Å². The van der Waals surface area contributed by atoms with Crippen LogP contribution in [-0.4, -0.2) is 9.38 Å². The number of nitrogens with zero attached hydrogens (tertiary/aromatic N) is 3. The van der Waals surface area contributed by atoms with Crippen LogP contribution in [0.15, 0.2) is 64.8 Å². The molecule has 0 spiro atoms. The van der Waals surface area contributed by atoms with Gasteiger partial charge in [-0.25, -0.2) is 9.37 Å². The number of fused-ring (bicyclic) bond motifs is 3. The third kappa shape index (κ3) is 3.49. The number of ether oxygens (including phenoxy) is 1. The number of rotatable bonds is 2. The van der Waals surface area contributed by atoms with Crippen molar-refractivity contribution in [1.29, 1.82) is 5.26 Å². The number of halogens is 2. The van der Waals surface area contributed by atoms with Crippen molar-refractivity contribution >= 4 is 27.2 Å². The fourth-order valence-corrected chi connectivity index (χ4v) is 4.62. The van der Waals surface area contributed by atoms with E-state index in [-0.39, 0.29) is 5.82 Å². The maximum atomic E-state index is 13.9. The minimum atomic E-state index is -0.362. The minimum Gasteiger partial charge on any atom is -0.488 e. The van der Waals surface area contributed by atoms with Crippen molar-refractivity contribution in [2.24, 2.45) is 0 Å². The molecule has 4 nitrogen and oxygen atoms in total. The molecular formula is C26H19BrFN3O. The molecule has 5 rings (SSSR count). The summed E-state index contributed by atoms with van der Waals surface area (Å²) in [5.41, 5.74) is 8.13. The summed E-state index contributed by atoms with van der Waals surface area (Å²) in [5, 5.41) is 9.63. The Morgan fingerprint density at radius 2 is 2.00 bits per heavy atom. The average Bonchev–Trinajstić information content (AvgIpc) is 2.98. The SMILES string of the molecule is C/C(C#N)=C1\c2ccc(Cc3c(C)nc4cc(Br)ccn34)cc2COc2cc(F)ccc21. The van der Waals surface area contributed by atoms with Gasteiger partial charge in [-0.2, -0.15) is 5.26 Å². The number of hydrogen-bond donors (Lipinski definition) is 0. The van der Waals surface area contributed by atoms with Gasteiger partial charge in [-0.1, -0.05) is 34.1 Å². The van der Waals surface area contributed by atoms with E-state index in [0.717, 1.165) is 49.3 Å². The summed E-state index contributed by atoms with van der Waals surface area (Å²) in [6.07, 6.45) is 2.73. The molecule has 4 aromatic rings. The molecule has 0 saturated carbocycles. The van der Waals surface area contributed by atoms with Gasteiger partial charge >= 0.3 is 0 Å². The van der Waals surface area contributed by atoms with E-state index in [1.54, 1.807) is 13.0 Å². The molecular weight excluding hydrogens is 469 g/mol. The second kappa shape index (κ2) is 7.92. The monoisotopic (exact) mass is 487 g/mol. The van der Waals surface area contributed by atoms with Gasteiger partial charge in [0.05, 0.1) is 11.8 Å². The minimum absolute atomic E-state index is 0.306. The summed E-state index contributed by atoms with van der Waals surface area (Å²) in [4.78, 5) is 4.68. The van der Waals surface area contributed by atoms with Crippen LogP contribution in [0.25, 0.3) is 11.2 Å². The largest absolute Gasteiger partial charge is 0.488 e. The molecule has 0 atom stereocenters. The van der Waals surface area contributed by atoms with E-state index < -0.39 is 0 Å². The van der Waals surface area contributed by atoms with Gasteiger partial charge in [0.1, 0.15) is 23.8 Å². The molecule has 6 heteroatoms. The Bertz CT molecular complexity index is 1460. The van der Waals surface area contributed by atoms with Crippen molar-refractivity contribution in [2.45, 2.75) is 26.9 Å². The Labute approximate surface area is 193 Å². The molecule has 0 amide bonds. The normalized spacial score (nSPS) is 14.2. The Balaban J connectivity index is 1.60. The number of nitriles is 1. The number of imidazole rings is 1. The lowest BCUT2D eigenvalue weighted by Crippen LogP contribution is -2.01. The second-order valence-electron chi connectivity index (χ2n) is 7.93. The Hall–Kier alpha value is -3.43. The predicted octanol–water partition coefficient (Wildman–Crippen LogP) is 6.37. The van der Waals surface area contributed by atoms with Gasteiger partial charge in [-0.3, -0.25) is 0 Å². The Kier molecular flexibility index (Phi) is 5.07. The van der Waals surface area contributed by atoms with Gasteiger partial charge in [0.2, 0.25) is 0 Å². The zero-order valence-corrected chi connectivity index (χ0v) is 19.2. The standard InChI is InChI=1S/C26H19BrFN3O/c1-15(13-29)26-21-5-3-17(9-18(21)14-32-24-12-20(28)4-6-22(24)26)10-23-16(2)30-25-11-19(27)7-8-31(23)25/h3-9,11-12H,10,14H2,1-2H3/b26-15-. The molecule has 3 heterocycles. The van der Waals surface area contributed by atoms with Crippen molar-refractivity contribution in [1.82, 2.24) is 9.38 Å². The third-order valence-electron chi connectivity index (χ3n) is 5.84. The van der Waals surface area contributed by atoms with Crippen LogP contribution < -0.4 is 4.74 Å². The van der Waals surface area contributed by atoms with Crippen molar-refractivity contribution in [2.75, 3.05) is 0 Å². The maximum absolute atomic E-state index is 13.9. The Morgan fingerprint density at radius 3 is 2.81 bits per heavy atom. The molecule has 0 bridgehead atoms. The highest BCUT2D eigenvalue weighted by molar-refractivity contribution is 9.10. The lowest BCUT2D eigenvalue weighted by atomic mass is 9.89. The number of aryl methyl sites for hydroxylation is 1. The molecule has 1 aliphatic heterocycles. The van der Waals surface area contributed by atoms with Gasteiger partial charge in [0.25, 0.3) is 0 Å². The summed E-state index contributed by atoms with van der Waals surface area (Å²) >= 11 is 3.50. The topological polar surface area (TPSA) is 50.3 Å². The predicted molar refractivity (Wildman–Crippen MR) is 125 cm³/mol. The molecule has 1 aliphatic rings. The summed E-state index contributed by atoms with van der Waals surface area (Å²) in [7, 11) is 0. The van der Waals surface area contributed by atoms with Crippen molar-refractivity contribution in [3.05, 3.63) is 104 Å².